The van der Waals surface area contributed by atoms with Crippen LogP contribution in [0, 0.1) is 5.41 Å². The SMILES string of the molecule is CNC(c1ccnn1C)C1(C)CC1. The van der Waals surface area contributed by atoms with E-state index in [4.69, 9.17) is 0 Å². The van der Waals surface area contributed by atoms with Crippen LogP contribution in [0.15, 0.2) is 12.3 Å². The van der Waals surface area contributed by atoms with Crippen molar-refractivity contribution in [1.82, 2.24) is 15.1 Å². The number of rotatable bonds is 3. The Hall–Kier alpha value is -0.830. The van der Waals surface area contributed by atoms with Crippen LogP contribution < -0.4 is 5.32 Å². The summed E-state index contributed by atoms with van der Waals surface area (Å²) in [4.78, 5) is 0. The van der Waals surface area contributed by atoms with Crippen molar-refractivity contribution in [3.8, 4) is 0 Å². The van der Waals surface area contributed by atoms with Gasteiger partial charge < -0.3 is 5.32 Å². The highest BCUT2D eigenvalue weighted by Crippen LogP contribution is 2.54. The Bertz CT molecular complexity index is 299. The van der Waals surface area contributed by atoms with Gasteiger partial charge in [0.2, 0.25) is 0 Å². The minimum absolute atomic E-state index is 0.458. The molecule has 1 aromatic rings. The van der Waals surface area contributed by atoms with Gasteiger partial charge in [-0.1, -0.05) is 6.92 Å². The van der Waals surface area contributed by atoms with Gasteiger partial charge in [-0.05, 0) is 31.4 Å². The summed E-state index contributed by atoms with van der Waals surface area (Å²) in [5.41, 5.74) is 1.75. The lowest BCUT2D eigenvalue weighted by Gasteiger charge is -2.22. The van der Waals surface area contributed by atoms with Crippen LogP contribution >= 0.6 is 0 Å². The summed E-state index contributed by atoms with van der Waals surface area (Å²) in [5, 5.41) is 7.59. The minimum Gasteiger partial charge on any atom is -0.311 e. The van der Waals surface area contributed by atoms with Crippen LogP contribution in [0.5, 0.6) is 0 Å². The fourth-order valence-electron chi connectivity index (χ4n) is 2.01. The Labute approximate surface area is 79.1 Å². The van der Waals surface area contributed by atoms with E-state index in [9.17, 15) is 0 Å². The molecule has 1 aromatic heterocycles. The number of nitrogens with one attached hydrogen (secondary N) is 1. The normalized spacial score (nSPS) is 21.5. The van der Waals surface area contributed by atoms with Gasteiger partial charge in [-0.3, -0.25) is 4.68 Å². The first kappa shape index (κ1) is 8.75. The zero-order chi connectivity index (χ0) is 9.47. The summed E-state index contributed by atoms with van der Waals surface area (Å²) >= 11 is 0. The van der Waals surface area contributed by atoms with Gasteiger partial charge in [0, 0.05) is 13.2 Å². The predicted octanol–water partition coefficient (Wildman–Crippen LogP) is 1.48. The Morgan fingerprint density at radius 1 is 1.62 bits per heavy atom. The Morgan fingerprint density at radius 2 is 2.31 bits per heavy atom. The van der Waals surface area contributed by atoms with E-state index in [1.165, 1.54) is 18.5 Å². The van der Waals surface area contributed by atoms with Crippen molar-refractivity contribution in [2.45, 2.75) is 25.8 Å². The van der Waals surface area contributed by atoms with E-state index in [1.54, 1.807) is 0 Å². The highest BCUT2D eigenvalue weighted by molar-refractivity contribution is 5.14. The van der Waals surface area contributed by atoms with Crippen molar-refractivity contribution in [3.63, 3.8) is 0 Å². The maximum atomic E-state index is 4.20. The molecule has 1 aliphatic rings. The Morgan fingerprint density at radius 3 is 2.69 bits per heavy atom. The van der Waals surface area contributed by atoms with Crippen molar-refractivity contribution in [1.29, 1.82) is 0 Å². The molecule has 0 radical (unpaired) electrons. The Kier molecular flexibility index (Phi) is 1.91. The molecular formula is C10H17N3. The van der Waals surface area contributed by atoms with Gasteiger partial charge in [0.05, 0.1) is 11.7 Å². The lowest BCUT2D eigenvalue weighted by atomic mass is 9.96. The first-order valence-corrected chi connectivity index (χ1v) is 4.82. The zero-order valence-electron chi connectivity index (χ0n) is 8.54. The Balaban J connectivity index is 2.27. The summed E-state index contributed by atoms with van der Waals surface area (Å²) in [7, 11) is 4.03. The van der Waals surface area contributed by atoms with E-state index < -0.39 is 0 Å². The molecule has 0 bridgehead atoms. The molecule has 0 amide bonds. The number of hydrogen-bond acceptors (Lipinski definition) is 2. The maximum Gasteiger partial charge on any atom is 0.0555 e. The highest BCUT2D eigenvalue weighted by Gasteiger charge is 2.45. The van der Waals surface area contributed by atoms with Gasteiger partial charge in [0.15, 0.2) is 0 Å². The van der Waals surface area contributed by atoms with E-state index in [0.717, 1.165) is 0 Å². The molecule has 13 heavy (non-hydrogen) atoms. The number of hydrogen-bond donors (Lipinski definition) is 1. The molecule has 0 saturated heterocycles. The van der Waals surface area contributed by atoms with Crippen molar-refractivity contribution < 1.29 is 0 Å². The number of aryl methyl sites for hydroxylation is 1. The molecule has 1 saturated carbocycles. The van der Waals surface area contributed by atoms with Gasteiger partial charge in [-0.25, -0.2) is 0 Å². The summed E-state index contributed by atoms with van der Waals surface area (Å²) in [6, 6.07) is 2.56. The van der Waals surface area contributed by atoms with Crippen LogP contribution in [0.25, 0.3) is 0 Å². The smallest absolute Gasteiger partial charge is 0.0555 e. The third-order valence-electron chi connectivity index (χ3n) is 3.18. The fraction of sp³-hybridized carbons (Fsp3) is 0.700. The molecule has 0 aliphatic heterocycles. The van der Waals surface area contributed by atoms with Gasteiger partial charge in [0.25, 0.3) is 0 Å². The lowest BCUT2D eigenvalue weighted by molar-refractivity contribution is 0.370. The molecule has 0 aromatic carbocycles. The van der Waals surface area contributed by atoms with Crippen molar-refractivity contribution >= 4 is 0 Å². The van der Waals surface area contributed by atoms with Crippen LogP contribution in [0.1, 0.15) is 31.5 Å². The predicted molar refractivity (Wildman–Crippen MR) is 52.3 cm³/mol. The largest absolute Gasteiger partial charge is 0.311 e. The topological polar surface area (TPSA) is 29.9 Å². The molecule has 1 aliphatic carbocycles. The van der Waals surface area contributed by atoms with E-state index in [0.29, 0.717) is 11.5 Å². The monoisotopic (exact) mass is 179 g/mol. The quantitative estimate of drug-likeness (QED) is 0.761. The maximum absolute atomic E-state index is 4.20. The molecule has 72 valence electrons. The summed E-state index contributed by atoms with van der Waals surface area (Å²) in [5.74, 6) is 0. The molecular weight excluding hydrogens is 162 g/mol. The summed E-state index contributed by atoms with van der Waals surface area (Å²) in [6.07, 6.45) is 4.51. The first-order valence-electron chi connectivity index (χ1n) is 4.82. The van der Waals surface area contributed by atoms with Gasteiger partial charge in [-0.2, -0.15) is 5.10 Å². The average molecular weight is 179 g/mol. The molecule has 1 heterocycles. The van der Waals surface area contributed by atoms with E-state index >= 15 is 0 Å². The zero-order valence-corrected chi connectivity index (χ0v) is 8.54. The first-order chi connectivity index (χ1) is 6.17. The van der Waals surface area contributed by atoms with Gasteiger partial charge >= 0.3 is 0 Å². The fourth-order valence-corrected chi connectivity index (χ4v) is 2.01. The van der Waals surface area contributed by atoms with Crippen LogP contribution in [0.4, 0.5) is 0 Å². The average Bonchev–Trinajstić information content (AvgIpc) is 2.69. The number of aromatic nitrogens is 2. The third kappa shape index (κ3) is 1.37. The molecule has 1 atom stereocenters. The number of nitrogens with zero attached hydrogens (tertiary/aromatic N) is 2. The standard InChI is InChI=1S/C10H17N3/c1-10(5-6-10)9(11-2)8-4-7-12-13(8)3/h4,7,9,11H,5-6H2,1-3H3. The van der Waals surface area contributed by atoms with Crippen LogP contribution in [-0.4, -0.2) is 16.8 Å². The van der Waals surface area contributed by atoms with Crippen molar-refractivity contribution in [2.24, 2.45) is 12.5 Å². The highest BCUT2D eigenvalue weighted by atomic mass is 15.3. The van der Waals surface area contributed by atoms with E-state index in [-0.39, 0.29) is 0 Å². The third-order valence-corrected chi connectivity index (χ3v) is 3.18. The van der Waals surface area contributed by atoms with Crippen molar-refractivity contribution in [2.75, 3.05) is 7.05 Å². The molecule has 1 fully saturated rings. The van der Waals surface area contributed by atoms with Crippen LogP contribution in [-0.2, 0) is 7.05 Å². The second-order valence-corrected chi connectivity index (χ2v) is 4.26. The second kappa shape index (κ2) is 2.84. The molecule has 0 spiro atoms. The molecule has 3 nitrogen and oxygen atoms in total. The molecule has 3 heteroatoms. The summed E-state index contributed by atoms with van der Waals surface area (Å²) < 4.78 is 1.96. The van der Waals surface area contributed by atoms with Crippen LogP contribution in [0.3, 0.4) is 0 Å². The minimum atomic E-state index is 0.458. The van der Waals surface area contributed by atoms with Crippen LogP contribution in [0.2, 0.25) is 0 Å². The second-order valence-electron chi connectivity index (χ2n) is 4.26. The van der Waals surface area contributed by atoms with Gasteiger partial charge in [0.1, 0.15) is 0 Å². The summed E-state index contributed by atoms with van der Waals surface area (Å²) in [6.45, 7) is 2.33. The molecule has 1 N–H and O–H groups in total. The van der Waals surface area contributed by atoms with Gasteiger partial charge in [-0.15, -0.1) is 0 Å². The lowest BCUT2D eigenvalue weighted by Crippen LogP contribution is -2.26. The van der Waals surface area contributed by atoms with E-state index in [2.05, 4.69) is 23.4 Å². The molecule has 2 rings (SSSR count). The van der Waals surface area contributed by atoms with E-state index in [1.807, 2.05) is 25.0 Å². The molecule has 1 unspecified atom stereocenters. The van der Waals surface area contributed by atoms with Crippen molar-refractivity contribution in [3.05, 3.63) is 18.0 Å².